The molecule has 0 aliphatic rings. The van der Waals surface area contributed by atoms with Crippen LogP contribution < -0.4 is 14.8 Å². The minimum atomic E-state index is -0.0288. The number of methoxy groups -OCH3 is 2. The lowest BCUT2D eigenvalue weighted by atomic mass is 10.1. The molecular formula is C22H23N3O3. The highest BCUT2D eigenvalue weighted by atomic mass is 16.5. The predicted molar refractivity (Wildman–Crippen MR) is 107 cm³/mol. The van der Waals surface area contributed by atoms with Crippen LogP contribution in [0.1, 0.15) is 17.5 Å². The number of amides is 1. The van der Waals surface area contributed by atoms with E-state index in [4.69, 9.17) is 9.47 Å². The van der Waals surface area contributed by atoms with Crippen molar-refractivity contribution < 1.29 is 14.3 Å². The summed E-state index contributed by atoms with van der Waals surface area (Å²) in [6, 6.07) is 13.3. The summed E-state index contributed by atoms with van der Waals surface area (Å²) in [6.45, 7) is 0.413. The van der Waals surface area contributed by atoms with Crippen LogP contribution >= 0.6 is 0 Å². The highest BCUT2D eigenvalue weighted by Crippen LogP contribution is 2.25. The highest BCUT2D eigenvalue weighted by molar-refractivity contribution is 5.76. The Balaban J connectivity index is 1.60. The molecule has 0 saturated carbocycles. The maximum Gasteiger partial charge on any atom is 0.220 e. The van der Waals surface area contributed by atoms with Gasteiger partial charge in [-0.05, 0) is 41.8 Å². The van der Waals surface area contributed by atoms with Gasteiger partial charge >= 0.3 is 0 Å². The van der Waals surface area contributed by atoms with Gasteiger partial charge in [0.1, 0.15) is 11.5 Å². The number of aryl methyl sites for hydroxylation is 1. The minimum absolute atomic E-state index is 0.0288. The van der Waals surface area contributed by atoms with Gasteiger partial charge in [-0.25, -0.2) is 0 Å². The van der Waals surface area contributed by atoms with Gasteiger partial charge in [0, 0.05) is 43.2 Å². The molecule has 0 fully saturated rings. The Kier molecular flexibility index (Phi) is 6.57. The fourth-order valence-corrected chi connectivity index (χ4v) is 2.93. The van der Waals surface area contributed by atoms with Crippen molar-refractivity contribution in [2.75, 3.05) is 14.2 Å². The number of pyridine rings is 2. The highest BCUT2D eigenvalue weighted by Gasteiger charge is 2.10. The second kappa shape index (κ2) is 9.50. The molecule has 0 spiro atoms. The Morgan fingerprint density at radius 3 is 2.64 bits per heavy atom. The lowest BCUT2D eigenvalue weighted by molar-refractivity contribution is -0.121. The first-order valence-electron chi connectivity index (χ1n) is 9.03. The average molecular weight is 377 g/mol. The molecule has 28 heavy (non-hydrogen) atoms. The SMILES string of the molecule is COc1ccc(CCC(=O)NCc2cccnc2-c2cccnc2)c(OC)c1. The fourth-order valence-electron chi connectivity index (χ4n) is 2.93. The zero-order chi connectivity index (χ0) is 19.8. The van der Waals surface area contributed by atoms with Gasteiger partial charge in [0.2, 0.25) is 5.91 Å². The van der Waals surface area contributed by atoms with Crippen LogP contribution in [0.25, 0.3) is 11.3 Å². The van der Waals surface area contributed by atoms with Gasteiger partial charge in [0.05, 0.1) is 19.9 Å². The maximum absolute atomic E-state index is 12.4. The second-order valence-corrected chi connectivity index (χ2v) is 6.21. The van der Waals surface area contributed by atoms with E-state index in [-0.39, 0.29) is 5.91 Å². The number of nitrogens with zero attached hydrogens (tertiary/aromatic N) is 2. The molecule has 0 aliphatic carbocycles. The molecule has 6 heteroatoms. The number of rotatable bonds is 8. The van der Waals surface area contributed by atoms with Crippen LogP contribution in [0.4, 0.5) is 0 Å². The van der Waals surface area contributed by atoms with Crippen LogP contribution in [-0.2, 0) is 17.8 Å². The van der Waals surface area contributed by atoms with Crippen molar-refractivity contribution in [3.8, 4) is 22.8 Å². The second-order valence-electron chi connectivity index (χ2n) is 6.21. The van der Waals surface area contributed by atoms with Crippen LogP contribution in [-0.4, -0.2) is 30.1 Å². The number of benzene rings is 1. The van der Waals surface area contributed by atoms with E-state index in [1.807, 2.05) is 42.5 Å². The Morgan fingerprint density at radius 1 is 1.04 bits per heavy atom. The molecule has 1 N–H and O–H groups in total. The first-order chi connectivity index (χ1) is 13.7. The number of aromatic nitrogens is 2. The molecule has 2 heterocycles. The number of nitrogens with one attached hydrogen (secondary N) is 1. The summed E-state index contributed by atoms with van der Waals surface area (Å²) in [5.41, 5.74) is 3.67. The van der Waals surface area contributed by atoms with E-state index in [2.05, 4.69) is 15.3 Å². The van der Waals surface area contributed by atoms with Crippen molar-refractivity contribution in [1.29, 1.82) is 0 Å². The molecule has 3 rings (SSSR count). The third kappa shape index (κ3) is 4.85. The summed E-state index contributed by atoms with van der Waals surface area (Å²) in [6.07, 6.45) is 6.18. The summed E-state index contributed by atoms with van der Waals surface area (Å²) >= 11 is 0. The zero-order valence-electron chi connectivity index (χ0n) is 16.0. The first-order valence-corrected chi connectivity index (χ1v) is 9.03. The van der Waals surface area contributed by atoms with E-state index in [1.54, 1.807) is 32.8 Å². The van der Waals surface area contributed by atoms with E-state index in [0.717, 1.165) is 33.9 Å². The molecule has 0 radical (unpaired) electrons. The van der Waals surface area contributed by atoms with Crippen molar-refractivity contribution in [1.82, 2.24) is 15.3 Å². The van der Waals surface area contributed by atoms with Gasteiger partial charge in [0.15, 0.2) is 0 Å². The van der Waals surface area contributed by atoms with Crippen molar-refractivity contribution in [3.63, 3.8) is 0 Å². The van der Waals surface area contributed by atoms with Crippen molar-refractivity contribution in [3.05, 3.63) is 72.2 Å². The normalized spacial score (nSPS) is 10.4. The summed E-state index contributed by atoms with van der Waals surface area (Å²) in [4.78, 5) is 20.9. The van der Waals surface area contributed by atoms with Crippen LogP contribution in [0.2, 0.25) is 0 Å². The molecule has 1 amide bonds. The molecular weight excluding hydrogens is 354 g/mol. The third-order valence-corrected chi connectivity index (χ3v) is 4.42. The standard InChI is InChI=1S/C22H23N3O3/c1-27-19-9-7-16(20(13-19)28-2)8-10-21(26)25-15-18-6-4-12-24-22(18)17-5-3-11-23-14-17/h3-7,9,11-14H,8,10,15H2,1-2H3,(H,25,26). The molecule has 2 aromatic heterocycles. The Labute approximate surface area is 164 Å². The molecule has 0 bridgehead atoms. The zero-order valence-corrected chi connectivity index (χ0v) is 16.0. The predicted octanol–water partition coefficient (Wildman–Crippen LogP) is 3.41. The maximum atomic E-state index is 12.4. The molecule has 6 nitrogen and oxygen atoms in total. The van der Waals surface area contributed by atoms with E-state index in [9.17, 15) is 4.79 Å². The van der Waals surface area contributed by atoms with Gasteiger partial charge < -0.3 is 14.8 Å². The monoisotopic (exact) mass is 377 g/mol. The lowest BCUT2D eigenvalue weighted by Gasteiger charge is -2.12. The Hall–Kier alpha value is -3.41. The fraction of sp³-hybridized carbons (Fsp3) is 0.227. The molecule has 1 aromatic carbocycles. The van der Waals surface area contributed by atoms with Crippen molar-refractivity contribution >= 4 is 5.91 Å². The number of carbonyl (C=O) groups is 1. The first kappa shape index (κ1) is 19.4. The van der Waals surface area contributed by atoms with Gasteiger partial charge in [-0.2, -0.15) is 0 Å². The molecule has 0 aliphatic heterocycles. The minimum Gasteiger partial charge on any atom is -0.497 e. The quantitative estimate of drug-likeness (QED) is 0.651. The van der Waals surface area contributed by atoms with Crippen molar-refractivity contribution in [2.24, 2.45) is 0 Å². The van der Waals surface area contributed by atoms with Gasteiger partial charge in [0.25, 0.3) is 0 Å². The van der Waals surface area contributed by atoms with Gasteiger partial charge in [-0.15, -0.1) is 0 Å². The topological polar surface area (TPSA) is 73.3 Å². The molecule has 0 unspecified atom stereocenters. The number of hydrogen-bond donors (Lipinski definition) is 1. The van der Waals surface area contributed by atoms with Crippen LogP contribution in [0.3, 0.4) is 0 Å². The number of carbonyl (C=O) groups excluding carboxylic acids is 1. The van der Waals surface area contributed by atoms with E-state index < -0.39 is 0 Å². The summed E-state index contributed by atoms with van der Waals surface area (Å²) in [5.74, 6) is 1.42. The summed E-state index contributed by atoms with van der Waals surface area (Å²) in [7, 11) is 3.22. The van der Waals surface area contributed by atoms with Crippen LogP contribution in [0.15, 0.2) is 61.1 Å². The van der Waals surface area contributed by atoms with Gasteiger partial charge in [-0.1, -0.05) is 12.1 Å². The molecule has 0 atom stereocenters. The average Bonchev–Trinajstić information content (AvgIpc) is 2.76. The van der Waals surface area contributed by atoms with E-state index in [0.29, 0.717) is 19.4 Å². The largest absolute Gasteiger partial charge is 0.497 e. The number of hydrogen-bond acceptors (Lipinski definition) is 5. The van der Waals surface area contributed by atoms with E-state index >= 15 is 0 Å². The molecule has 3 aromatic rings. The van der Waals surface area contributed by atoms with Crippen LogP contribution in [0, 0.1) is 0 Å². The lowest BCUT2D eigenvalue weighted by Crippen LogP contribution is -2.23. The van der Waals surface area contributed by atoms with Crippen molar-refractivity contribution in [2.45, 2.75) is 19.4 Å². The molecule has 0 saturated heterocycles. The van der Waals surface area contributed by atoms with Crippen LogP contribution in [0.5, 0.6) is 11.5 Å². The van der Waals surface area contributed by atoms with Gasteiger partial charge in [-0.3, -0.25) is 14.8 Å². The summed E-state index contributed by atoms with van der Waals surface area (Å²) in [5, 5.41) is 2.97. The van der Waals surface area contributed by atoms with E-state index in [1.165, 1.54) is 0 Å². The Morgan fingerprint density at radius 2 is 1.89 bits per heavy atom. The smallest absolute Gasteiger partial charge is 0.220 e. The Bertz CT molecular complexity index is 929. The molecule has 144 valence electrons. The summed E-state index contributed by atoms with van der Waals surface area (Å²) < 4.78 is 10.6. The third-order valence-electron chi connectivity index (χ3n) is 4.42. The number of ether oxygens (including phenoxy) is 2.